The maximum atomic E-state index is 10.9. The van der Waals surface area contributed by atoms with Crippen LogP contribution in [0.3, 0.4) is 0 Å². The molecule has 112 valence electrons. The van der Waals surface area contributed by atoms with Gasteiger partial charge in [0.25, 0.3) is 0 Å². The minimum Gasteiger partial charge on any atom is -0.388 e. The molecule has 0 bridgehead atoms. The minimum atomic E-state index is -0.310. The number of aliphatic hydroxyl groups excluding tert-OH is 1. The van der Waals surface area contributed by atoms with Crippen molar-refractivity contribution in [2.45, 2.75) is 65.4 Å². The summed E-state index contributed by atoms with van der Waals surface area (Å²) in [5.74, 6) is 1.89. The third kappa shape index (κ3) is 3.44. The van der Waals surface area contributed by atoms with Gasteiger partial charge in [-0.3, -0.25) is 0 Å². The summed E-state index contributed by atoms with van der Waals surface area (Å²) in [5, 5.41) is 10.9. The van der Waals surface area contributed by atoms with E-state index in [9.17, 15) is 5.11 Å². The van der Waals surface area contributed by atoms with Gasteiger partial charge in [-0.25, -0.2) is 0 Å². The molecule has 1 saturated carbocycles. The van der Waals surface area contributed by atoms with Gasteiger partial charge in [-0.2, -0.15) is 0 Å². The Kier molecular flexibility index (Phi) is 4.59. The maximum Gasteiger partial charge on any atom is 0.0821 e. The molecule has 1 N–H and O–H groups in total. The van der Waals surface area contributed by atoms with E-state index in [0.29, 0.717) is 5.92 Å². The average Bonchev–Trinajstić information content (AvgIpc) is 2.35. The Labute approximate surface area is 124 Å². The van der Waals surface area contributed by atoms with Crippen LogP contribution in [0.25, 0.3) is 0 Å². The lowest BCUT2D eigenvalue weighted by molar-refractivity contribution is 0.0540. The second-order valence-corrected chi connectivity index (χ2v) is 7.96. The largest absolute Gasteiger partial charge is 0.388 e. The van der Waals surface area contributed by atoms with E-state index in [-0.39, 0.29) is 11.5 Å². The standard InChI is InChI=1S/C19H30O/c1-13-10-14(2)12-15(11-13)18(20)16-8-6-7-9-17(16)19(3,4)5/h6-9,13-15,18,20H,10-12H2,1-5H3. The molecule has 20 heavy (non-hydrogen) atoms. The fraction of sp³-hybridized carbons (Fsp3) is 0.684. The van der Waals surface area contributed by atoms with E-state index in [2.05, 4.69) is 58.9 Å². The first kappa shape index (κ1) is 15.6. The average molecular weight is 274 g/mol. The highest BCUT2D eigenvalue weighted by molar-refractivity contribution is 5.34. The lowest BCUT2D eigenvalue weighted by atomic mass is 9.71. The highest BCUT2D eigenvalue weighted by Crippen LogP contribution is 2.42. The molecule has 0 aliphatic heterocycles. The zero-order chi connectivity index (χ0) is 14.9. The highest BCUT2D eigenvalue weighted by atomic mass is 16.3. The molecule has 1 fully saturated rings. The highest BCUT2D eigenvalue weighted by Gasteiger charge is 2.32. The molecule has 0 amide bonds. The van der Waals surface area contributed by atoms with Gasteiger partial charge < -0.3 is 5.11 Å². The van der Waals surface area contributed by atoms with Crippen molar-refractivity contribution < 1.29 is 5.11 Å². The Morgan fingerprint density at radius 2 is 1.55 bits per heavy atom. The van der Waals surface area contributed by atoms with Crippen molar-refractivity contribution in [3.05, 3.63) is 35.4 Å². The molecule has 0 radical (unpaired) electrons. The molecule has 1 aromatic rings. The molecule has 3 unspecified atom stereocenters. The van der Waals surface area contributed by atoms with Crippen LogP contribution in [0.4, 0.5) is 0 Å². The van der Waals surface area contributed by atoms with Crippen LogP contribution < -0.4 is 0 Å². The fourth-order valence-electron chi connectivity index (χ4n) is 3.96. The number of hydrogen-bond acceptors (Lipinski definition) is 1. The number of aliphatic hydroxyl groups is 1. The summed E-state index contributed by atoms with van der Waals surface area (Å²) in [6, 6.07) is 8.44. The topological polar surface area (TPSA) is 20.2 Å². The predicted molar refractivity (Wildman–Crippen MR) is 85.8 cm³/mol. The van der Waals surface area contributed by atoms with Crippen LogP contribution in [-0.2, 0) is 5.41 Å². The Hall–Kier alpha value is -0.820. The van der Waals surface area contributed by atoms with Gasteiger partial charge in [-0.15, -0.1) is 0 Å². The summed E-state index contributed by atoms with van der Waals surface area (Å²) in [6.45, 7) is 11.3. The molecular weight excluding hydrogens is 244 g/mol. The van der Waals surface area contributed by atoms with Crippen molar-refractivity contribution in [2.24, 2.45) is 17.8 Å². The van der Waals surface area contributed by atoms with Gasteiger partial charge in [-0.05, 0) is 53.6 Å². The summed E-state index contributed by atoms with van der Waals surface area (Å²) >= 11 is 0. The van der Waals surface area contributed by atoms with E-state index in [4.69, 9.17) is 0 Å². The van der Waals surface area contributed by atoms with Crippen LogP contribution in [0.1, 0.15) is 71.1 Å². The second kappa shape index (κ2) is 5.89. The maximum absolute atomic E-state index is 10.9. The first-order chi connectivity index (χ1) is 9.29. The van der Waals surface area contributed by atoms with Crippen LogP contribution in [0.15, 0.2) is 24.3 Å². The normalized spacial score (nSPS) is 29.2. The molecule has 0 spiro atoms. The van der Waals surface area contributed by atoms with Crippen LogP contribution in [0.5, 0.6) is 0 Å². The molecule has 1 heteroatoms. The lowest BCUT2D eigenvalue weighted by Crippen LogP contribution is -2.26. The van der Waals surface area contributed by atoms with E-state index >= 15 is 0 Å². The van der Waals surface area contributed by atoms with Gasteiger partial charge in [0.05, 0.1) is 6.10 Å². The molecule has 0 aromatic heterocycles. The van der Waals surface area contributed by atoms with Gasteiger partial charge in [0, 0.05) is 0 Å². The first-order valence-corrected chi connectivity index (χ1v) is 8.06. The Balaban J connectivity index is 2.27. The molecular formula is C19H30O. The minimum absolute atomic E-state index is 0.0868. The summed E-state index contributed by atoms with van der Waals surface area (Å²) in [6.07, 6.45) is 3.31. The van der Waals surface area contributed by atoms with Crippen molar-refractivity contribution in [3.8, 4) is 0 Å². The first-order valence-electron chi connectivity index (χ1n) is 8.06. The van der Waals surface area contributed by atoms with Gasteiger partial charge >= 0.3 is 0 Å². The third-order valence-corrected chi connectivity index (χ3v) is 4.75. The van der Waals surface area contributed by atoms with E-state index in [1.807, 2.05) is 0 Å². The number of benzene rings is 1. The quantitative estimate of drug-likeness (QED) is 0.796. The predicted octanol–water partition coefficient (Wildman–Crippen LogP) is 5.09. The summed E-state index contributed by atoms with van der Waals surface area (Å²) in [4.78, 5) is 0. The monoisotopic (exact) mass is 274 g/mol. The van der Waals surface area contributed by atoms with E-state index in [1.165, 1.54) is 12.0 Å². The van der Waals surface area contributed by atoms with E-state index < -0.39 is 0 Å². The van der Waals surface area contributed by atoms with Crippen LogP contribution >= 0.6 is 0 Å². The Morgan fingerprint density at radius 3 is 2.10 bits per heavy atom. The molecule has 1 aromatic carbocycles. The van der Waals surface area contributed by atoms with E-state index in [1.54, 1.807) is 0 Å². The lowest BCUT2D eigenvalue weighted by Gasteiger charge is -2.36. The van der Waals surface area contributed by atoms with Crippen LogP contribution in [-0.4, -0.2) is 5.11 Å². The summed E-state index contributed by atoms with van der Waals surface area (Å²) < 4.78 is 0. The molecule has 3 atom stereocenters. The Bertz CT molecular complexity index is 433. The van der Waals surface area contributed by atoms with Crippen molar-refractivity contribution in [1.29, 1.82) is 0 Å². The number of hydrogen-bond donors (Lipinski definition) is 1. The summed E-state index contributed by atoms with van der Waals surface area (Å²) in [5.41, 5.74) is 2.52. The van der Waals surface area contributed by atoms with Crippen LogP contribution in [0.2, 0.25) is 0 Å². The zero-order valence-corrected chi connectivity index (χ0v) is 13.7. The van der Waals surface area contributed by atoms with E-state index in [0.717, 1.165) is 30.2 Å². The van der Waals surface area contributed by atoms with Gasteiger partial charge in [0.15, 0.2) is 0 Å². The van der Waals surface area contributed by atoms with Gasteiger partial charge in [0.2, 0.25) is 0 Å². The Morgan fingerprint density at radius 1 is 1.00 bits per heavy atom. The number of rotatable bonds is 2. The van der Waals surface area contributed by atoms with Crippen molar-refractivity contribution >= 4 is 0 Å². The molecule has 1 nitrogen and oxygen atoms in total. The fourth-order valence-corrected chi connectivity index (χ4v) is 3.96. The molecule has 0 heterocycles. The van der Waals surface area contributed by atoms with Gasteiger partial charge in [0.1, 0.15) is 0 Å². The molecule has 2 rings (SSSR count). The summed E-state index contributed by atoms with van der Waals surface area (Å²) in [7, 11) is 0. The van der Waals surface area contributed by atoms with Gasteiger partial charge in [-0.1, -0.05) is 58.9 Å². The van der Waals surface area contributed by atoms with Crippen LogP contribution in [0, 0.1) is 17.8 Å². The molecule has 0 saturated heterocycles. The zero-order valence-electron chi connectivity index (χ0n) is 13.7. The smallest absolute Gasteiger partial charge is 0.0821 e. The van der Waals surface area contributed by atoms with Crippen molar-refractivity contribution in [3.63, 3.8) is 0 Å². The SMILES string of the molecule is CC1CC(C)CC(C(O)c2ccccc2C(C)(C)C)C1. The molecule has 1 aliphatic rings. The van der Waals surface area contributed by atoms with Crippen molar-refractivity contribution in [2.75, 3.05) is 0 Å². The van der Waals surface area contributed by atoms with Crippen molar-refractivity contribution in [1.82, 2.24) is 0 Å². The second-order valence-electron chi connectivity index (χ2n) is 7.96. The third-order valence-electron chi connectivity index (χ3n) is 4.75. The molecule has 1 aliphatic carbocycles.